The van der Waals surface area contributed by atoms with Crippen LogP contribution in [0.5, 0.6) is 0 Å². The van der Waals surface area contributed by atoms with Crippen LogP contribution < -0.4 is 5.32 Å². The molecule has 0 aromatic rings. The number of unbranched alkanes of at least 4 members (excludes halogenated alkanes) is 21. The van der Waals surface area contributed by atoms with Crippen molar-refractivity contribution in [3.05, 3.63) is 72.9 Å². The van der Waals surface area contributed by atoms with Gasteiger partial charge in [0, 0.05) is 6.42 Å². The van der Waals surface area contributed by atoms with Crippen LogP contribution in [0, 0.1) is 0 Å². The average molecular weight is 738 g/mol. The molecule has 0 heterocycles. The molecule has 0 saturated carbocycles. The second kappa shape index (κ2) is 44.2. The topological polar surface area (TPSA) is 69.6 Å². The van der Waals surface area contributed by atoms with Crippen molar-refractivity contribution in [2.24, 2.45) is 0 Å². The van der Waals surface area contributed by atoms with E-state index in [1.165, 1.54) is 122 Å². The summed E-state index contributed by atoms with van der Waals surface area (Å²) in [6.45, 7) is 4.23. The summed E-state index contributed by atoms with van der Waals surface area (Å²) in [5.41, 5.74) is 0. The molecule has 0 aliphatic heterocycles. The van der Waals surface area contributed by atoms with E-state index in [0.717, 1.165) is 64.2 Å². The lowest BCUT2D eigenvalue weighted by Crippen LogP contribution is -2.45. The normalized spacial score (nSPS) is 13.7. The number of amides is 1. The molecule has 2 unspecified atom stereocenters. The molecule has 0 bridgehead atoms. The van der Waals surface area contributed by atoms with Gasteiger partial charge in [-0.15, -0.1) is 0 Å². The zero-order chi connectivity index (χ0) is 38.6. The maximum atomic E-state index is 12.4. The summed E-state index contributed by atoms with van der Waals surface area (Å²) in [4.78, 5) is 12.4. The predicted molar refractivity (Wildman–Crippen MR) is 234 cm³/mol. The van der Waals surface area contributed by atoms with E-state index in [4.69, 9.17) is 0 Å². The van der Waals surface area contributed by atoms with E-state index < -0.39 is 12.1 Å². The van der Waals surface area contributed by atoms with Gasteiger partial charge in [0.2, 0.25) is 5.91 Å². The summed E-state index contributed by atoms with van der Waals surface area (Å²) in [6, 6.07) is -0.541. The van der Waals surface area contributed by atoms with Crippen LogP contribution in [0.15, 0.2) is 72.9 Å². The van der Waals surface area contributed by atoms with Gasteiger partial charge in [0.05, 0.1) is 18.8 Å². The van der Waals surface area contributed by atoms with E-state index in [1.807, 2.05) is 0 Å². The van der Waals surface area contributed by atoms with Gasteiger partial charge in [-0.05, 0) is 64.2 Å². The average Bonchev–Trinajstić information content (AvgIpc) is 3.16. The minimum atomic E-state index is -0.663. The number of nitrogens with one attached hydrogen (secondary N) is 1. The Morgan fingerprint density at radius 1 is 0.472 bits per heavy atom. The molecule has 0 aromatic carbocycles. The molecule has 0 fully saturated rings. The molecule has 0 saturated heterocycles. The zero-order valence-corrected chi connectivity index (χ0v) is 35.0. The minimum Gasteiger partial charge on any atom is -0.394 e. The SMILES string of the molecule is CC/C=C\C/C=C\C/C=C\C/C=C\C/C=C\C/C=C\CCCCCCCCCCCCC(=O)NC(CO)C(O)CCCCCCCCCCCCCC. The van der Waals surface area contributed by atoms with Gasteiger partial charge in [0.1, 0.15) is 0 Å². The van der Waals surface area contributed by atoms with Crippen LogP contribution in [0.2, 0.25) is 0 Å². The van der Waals surface area contributed by atoms with Gasteiger partial charge in [0.25, 0.3) is 0 Å². The van der Waals surface area contributed by atoms with Gasteiger partial charge in [-0.3, -0.25) is 4.79 Å². The second-order valence-electron chi connectivity index (χ2n) is 15.1. The Kier molecular flexibility index (Phi) is 42.4. The van der Waals surface area contributed by atoms with Gasteiger partial charge < -0.3 is 15.5 Å². The van der Waals surface area contributed by atoms with Gasteiger partial charge >= 0.3 is 0 Å². The fourth-order valence-corrected chi connectivity index (χ4v) is 6.54. The molecule has 0 spiro atoms. The molecule has 0 aliphatic rings. The quantitative estimate of drug-likeness (QED) is 0.0433. The highest BCUT2D eigenvalue weighted by molar-refractivity contribution is 5.76. The largest absolute Gasteiger partial charge is 0.394 e. The number of allylic oxidation sites excluding steroid dienone is 12. The first-order valence-corrected chi connectivity index (χ1v) is 22.6. The molecule has 3 N–H and O–H groups in total. The summed E-state index contributed by atoms with van der Waals surface area (Å²) in [5.74, 6) is -0.0400. The summed E-state index contributed by atoms with van der Waals surface area (Å²) in [6.07, 6.45) is 62.7. The third kappa shape index (κ3) is 40.8. The summed E-state index contributed by atoms with van der Waals surface area (Å²) in [7, 11) is 0. The molecule has 0 aliphatic carbocycles. The molecule has 0 rings (SSSR count). The number of carbonyl (C=O) groups excluding carboxylic acids is 1. The maximum absolute atomic E-state index is 12.4. The highest BCUT2D eigenvalue weighted by Crippen LogP contribution is 2.15. The monoisotopic (exact) mass is 738 g/mol. The third-order valence-corrected chi connectivity index (χ3v) is 9.98. The van der Waals surface area contributed by atoms with Crippen LogP contribution >= 0.6 is 0 Å². The molecule has 4 nitrogen and oxygen atoms in total. The maximum Gasteiger partial charge on any atom is 0.220 e. The molecule has 306 valence electrons. The Bertz CT molecular complexity index is 930. The van der Waals surface area contributed by atoms with E-state index in [-0.39, 0.29) is 12.5 Å². The van der Waals surface area contributed by atoms with Crippen LogP contribution in [-0.4, -0.2) is 34.9 Å². The third-order valence-electron chi connectivity index (χ3n) is 9.98. The Morgan fingerprint density at radius 2 is 0.830 bits per heavy atom. The van der Waals surface area contributed by atoms with Gasteiger partial charge in [0.15, 0.2) is 0 Å². The number of aliphatic hydroxyl groups excluding tert-OH is 2. The van der Waals surface area contributed by atoms with Crippen molar-refractivity contribution in [1.82, 2.24) is 5.32 Å². The van der Waals surface area contributed by atoms with Gasteiger partial charge in [-0.2, -0.15) is 0 Å². The van der Waals surface area contributed by atoms with Crippen molar-refractivity contribution < 1.29 is 15.0 Å². The summed E-state index contributed by atoms with van der Waals surface area (Å²) in [5, 5.41) is 23.1. The molecule has 2 atom stereocenters. The number of hydrogen-bond donors (Lipinski definition) is 3. The van der Waals surface area contributed by atoms with Gasteiger partial charge in [-0.25, -0.2) is 0 Å². The number of aliphatic hydroxyl groups is 2. The molecular formula is C49H87NO3. The Hall–Kier alpha value is -2.17. The van der Waals surface area contributed by atoms with Crippen LogP contribution in [0.25, 0.3) is 0 Å². The van der Waals surface area contributed by atoms with Crippen molar-refractivity contribution in [2.45, 2.75) is 225 Å². The highest BCUT2D eigenvalue weighted by Gasteiger charge is 2.20. The minimum absolute atomic E-state index is 0.0400. The lowest BCUT2D eigenvalue weighted by atomic mass is 10.0. The Morgan fingerprint density at radius 3 is 1.25 bits per heavy atom. The summed E-state index contributed by atoms with van der Waals surface area (Å²) < 4.78 is 0. The number of carbonyl (C=O) groups is 1. The van der Waals surface area contributed by atoms with Crippen molar-refractivity contribution in [3.63, 3.8) is 0 Å². The predicted octanol–water partition coefficient (Wildman–Crippen LogP) is 14.3. The molecular weight excluding hydrogens is 651 g/mol. The fourth-order valence-electron chi connectivity index (χ4n) is 6.54. The van der Waals surface area contributed by atoms with E-state index in [9.17, 15) is 15.0 Å². The Balaban J connectivity index is 3.55. The van der Waals surface area contributed by atoms with Gasteiger partial charge in [-0.1, -0.05) is 215 Å². The Labute approximate surface area is 329 Å². The summed E-state index contributed by atoms with van der Waals surface area (Å²) >= 11 is 0. The smallest absolute Gasteiger partial charge is 0.220 e. The van der Waals surface area contributed by atoms with Crippen molar-refractivity contribution >= 4 is 5.91 Å². The molecule has 4 heteroatoms. The molecule has 0 radical (unpaired) electrons. The van der Waals surface area contributed by atoms with E-state index in [2.05, 4.69) is 92.1 Å². The first-order valence-electron chi connectivity index (χ1n) is 22.6. The first-order chi connectivity index (χ1) is 26.2. The van der Waals surface area contributed by atoms with Crippen molar-refractivity contribution in [3.8, 4) is 0 Å². The second-order valence-corrected chi connectivity index (χ2v) is 15.1. The van der Waals surface area contributed by atoms with Crippen LogP contribution in [-0.2, 0) is 4.79 Å². The van der Waals surface area contributed by atoms with Crippen LogP contribution in [0.4, 0.5) is 0 Å². The molecule has 0 aromatic heterocycles. The van der Waals surface area contributed by atoms with E-state index >= 15 is 0 Å². The zero-order valence-electron chi connectivity index (χ0n) is 35.0. The van der Waals surface area contributed by atoms with Crippen LogP contribution in [0.1, 0.15) is 213 Å². The highest BCUT2D eigenvalue weighted by atomic mass is 16.3. The lowest BCUT2D eigenvalue weighted by Gasteiger charge is -2.22. The van der Waals surface area contributed by atoms with Crippen molar-refractivity contribution in [1.29, 1.82) is 0 Å². The number of hydrogen-bond acceptors (Lipinski definition) is 3. The lowest BCUT2D eigenvalue weighted by molar-refractivity contribution is -0.123. The fraction of sp³-hybridized carbons (Fsp3) is 0.735. The molecule has 1 amide bonds. The van der Waals surface area contributed by atoms with E-state index in [0.29, 0.717) is 12.8 Å². The number of rotatable bonds is 40. The van der Waals surface area contributed by atoms with E-state index in [1.54, 1.807) is 0 Å². The van der Waals surface area contributed by atoms with Crippen molar-refractivity contribution in [2.75, 3.05) is 6.61 Å². The standard InChI is InChI=1S/C49H87NO3/c1-3-5-7-9-11-13-15-17-18-19-20-21-22-23-24-25-26-27-28-29-30-31-32-33-35-37-39-41-43-45-49(53)50-47(46-51)48(52)44-42-40-38-36-34-16-14-12-10-8-6-4-2/h5,7,11,13,17-18,20-21,23-24,26-27,47-48,51-52H,3-4,6,8-10,12,14-16,19,22,25,28-46H2,1-2H3,(H,50,53)/b7-5-,13-11-,18-17-,21-20-,24-23-,27-26-. The first kappa shape index (κ1) is 50.8. The molecule has 53 heavy (non-hydrogen) atoms. The van der Waals surface area contributed by atoms with Crippen LogP contribution in [0.3, 0.4) is 0 Å².